The van der Waals surface area contributed by atoms with Gasteiger partial charge in [-0.05, 0) is 31.3 Å². The highest BCUT2D eigenvalue weighted by atomic mass is 32.1. The van der Waals surface area contributed by atoms with Crippen molar-refractivity contribution in [1.82, 2.24) is 14.9 Å². The number of H-pyrrole nitrogens is 1. The van der Waals surface area contributed by atoms with E-state index in [1.165, 1.54) is 32.4 Å². The molecule has 1 heterocycles. The Morgan fingerprint density at radius 1 is 1.55 bits per heavy atom. The van der Waals surface area contributed by atoms with Crippen molar-refractivity contribution in [2.24, 2.45) is 5.10 Å². The molecule has 1 N–H and O–H groups in total. The molecule has 0 aliphatic rings. The molecule has 0 atom stereocenters. The molecule has 0 fully saturated rings. The lowest BCUT2D eigenvalue weighted by Gasteiger charge is -2.02. The molecule has 0 saturated carbocycles. The molecule has 2 rings (SSSR count). The van der Waals surface area contributed by atoms with Crippen LogP contribution in [-0.4, -0.2) is 33.1 Å². The summed E-state index contributed by atoms with van der Waals surface area (Å²) in [5.41, 5.74) is -0.0485. The zero-order valence-corrected chi connectivity index (χ0v) is 12.5. The predicted molar refractivity (Wildman–Crippen MR) is 81.1 cm³/mol. The number of methoxy groups -OCH3 is 1. The lowest BCUT2D eigenvalue weighted by molar-refractivity contribution is -0.385. The minimum atomic E-state index is -0.564. The third-order valence-corrected chi connectivity index (χ3v) is 3.00. The van der Waals surface area contributed by atoms with Crippen molar-refractivity contribution < 1.29 is 9.66 Å². The van der Waals surface area contributed by atoms with Crippen LogP contribution >= 0.6 is 12.2 Å². The molecule has 0 aliphatic heterocycles. The number of nitro benzene ring substituents is 1. The van der Waals surface area contributed by atoms with Crippen LogP contribution in [0.25, 0.3) is 0 Å². The van der Waals surface area contributed by atoms with Gasteiger partial charge in [0.1, 0.15) is 5.69 Å². The second kappa shape index (κ2) is 6.26. The Morgan fingerprint density at radius 2 is 2.27 bits per heavy atom. The van der Waals surface area contributed by atoms with Gasteiger partial charge in [0.25, 0.3) is 5.56 Å². The second-order valence-electron chi connectivity index (χ2n) is 4.16. The van der Waals surface area contributed by atoms with Gasteiger partial charge in [-0.15, -0.1) is 0 Å². The summed E-state index contributed by atoms with van der Waals surface area (Å²) in [5.74, 6) is 0.136. The number of rotatable bonds is 4. The molecule has 0 amide bonds. The van der Waals surface area contributed by atoms with Crippen LogP contribution in [0, 0.1) is 21.8 Å². The smallest absolute Gasteiger partial charge is 0.311 e. The summed E-state index contributed by atoms with van der Waals surface area (Å²) in [4.78, 5) is 22.2. The van der Waals surface area contributed by atoms with Crippen LogP contribution in [0.5, 0.6) is 5.75 Å². The van der Waals surface area contributed by atoms with Crippen LogP contribution in [0.2, 0.25) is 0 Å². The summed E-state index contributed by atoms with van der Waals surface area (Å²) < 4.78 is 5.88. The fourth-order valence-corrected chi connectivity index (χ4v) is 1.81. The van der Waals surface area contributed by atoms with Crippen molar-refractivity contribution in [1.29, 1.82) is 0 Å². The van der Waals surface area contributed by atoms with E-state index in [4.69, 9.17) is 17.0 Å². The average Bonchev–Trinajstić information content (AvgIpc) is 2.50. The quantitative estimate of drug-likeness (QED) is 0.394. The highest BCUT2D eigenvalue weighted by molar-refractivity contribution is 7.71. The van der Waals surface area contributed by atoms with Crippen LogP contribution in [0.1, 0.15) is 11.3 Å². The molecule has 0 bridgehead atoms. The maximum atomic E-state index is 11.9. The molecule has 22 heavy (non-hydrogen) atoms. The van der Waals surface area contributed by atoms with Gasteiger partial charge in [-0.1, -0.05) is 0 Å². The number of benzene rings is 1. The fraction of sp³-hybridized carbons (Fsp3) is 0.167. The summed E-state index contributed by atoms with van der Waals surface area (Å²) in [6.07, 6.45) is 1.29. The molecule has 10 heteroatoms. The Bertz CT molecular complexity index is 871. The Labute approximate surface area is 129 Å². The summed E-state index contributed by atoms with van der Waals surface area (Å²) >= 11 is 4.92. The lowest BCUT2D eigenvalue weighted by atomic mass is 10.2. The molecule has 1 aromatic heterocycles. The second-order valence-corrected chi connectivity index (χ2v) is 4.55. The van der Waals surface area contributed by atoms with Crippen molar-refractivity contribution in [3.8, 4) is 5.75 Å². The molecular weight excluding hydrogens is 310 g/mol. The van der Waals surface area contributed by atoms with E-state index in [9.17, 15) is 14.9 Å². The first-order valence-corrected chi connectivity index (χ1v) is 6.40. The van der Waals surface area contributed by atoms with E-state index >= 15 is 0 Å². The van der Waals surface area contributed by atoms with Gasteiger partial charge in [0.2, 0.25) is 4.77 Å². The standard InChI is InChI=1S/C12H11N5O4S/c1-7-11(18)16(12(22)15-14-7)13-6-8-3-4-10(21-2)9(5-8)17(19)20/h3-6H,1-2H3,(H,15,22)/b13-6-. The van der Waals surface area contributed by atoms with Crippen molar-refractivity contribution in [2.75, 3.05) is 7.11 Å². The Morgan fingerprint density at radius 3 is 2.91 bits per heavy atom. The van der Waals surface area contributed by atoms with Crippen LogP contribution < -0.4 is 10.3 Å². The van der Waals surface area contributed by atoms with E-state index in [0.29, 0.717) is 5.56 Å². The number of aromatic nitrogens is 3. The molecule has 1 aromatic carbocycles. The van der Waals surface area contributed by atoms with E-state index in [2.05, 4.69) is 15.3 Å². The zero-order chi connectivity index (χ0) is 16.3. The normalized spacial score (nSPS) is 10.8. The van der Waals surface area contributed by atoms with Crippen molar-refractivity contribution in [2.45, 2.75) is 6.92 Å². The summed E-state index contributed by atoms with van der Waals surface area (Å²) in [6.45, 7) is 1.51. The summed E-state index contributed by atoms with van der Waals surface area (Å²) in [6, 6.07) is 4.30. The Balaban J connectivity index is 2.46. The van der Waals surface area contributed by atoms with Crippen LogP contribution in [0.15, 0.2) is 28.1 Å². The molecule has 0 saturated heterocycles. The van der Waals surface area contributed by atoms with Gasteiger partial charge in [0, 0.05) is 11.6 Å². The predicted octanol–water partition coefficient (Wildman–Crippen LogP) is 1.41. The largest absolute Gasteiger partial charge is 0.490 e. The summed E-state index contributed by atoms with van der Waals surface area (Å²) in [5, 5.41) is 21.1. The molecule has 2 aromatic rings. The van der Waals surface area contributed by atoms with Gasteiger partial charge < -0.3 is 4.74 Å². The van der Waals surface area contributed by atoms with E-state index < -0.39 is 10.5 Å². The fourth-order valence-electron chi connectivity index (χ4n) is 1.63. The molecule has 0 spiro atoms. The van der Waals surface area contributed by atoms with Crippen molar-refractivity contribution in [3.63, 3.8) is 0 Å². The minimum absolute atomic E-state index is 0.0230. The van der Waals surface area contributed by atoms with Crippen LogP contribution in [-0.2, 0) is 0 Å². The Hall–Kier alpha value is -2.88. The minimum Gasteiger partial charge on any atom is -0.490 e. The number of nitro groups is 1. The summed E-state index contributed by atoms with van der Waals surface area (Å²) in [7, 11) is 1.34. The van der Waals surface area contributed by atoms with Gasteiger partial charge in [0.05, 0.1) is 18.2 Å². The third kappa shape index (κ3) is 3.06. The molecule has 114 valence electrons. The van der Waals surface area contributed by atoms with Crippen molar-refractivity contribution >= 4 is 24.1 Å². The van der Waals surface area contributed by atoms with Crippen LogP contribution in [0.3, 0.4) is 0 Å². The lowest BCUT2D eigenvalue weighted by Crippen LogP contribution is -2.22. The topological polar surface area (TPSA) is 115 Å². The van der Waals surface area contributed by atoms with E-state index in [1.807, 2.05) is 0 Å². The number of hydrogen-bond acceptors (Lipinski definition) is 7. The maximum absolute atomic E-state index is 11.9. The number of ether oxygens (including phenoxy) is 1. The first kappa shape index (κ1) is 15.5. The molecule has 9 nitrogen and oxygen atoms in total. The first-order valence-electron chi connectivity index (χ1n) is 5.99. The molecule has 0 unspecified atom stereocenters. The number of nitrogens with one attached hydrogen (secondary N) is 1. The number of hydrogen-bond donors (Lipinski definition) is 1. The number of aromatic amines is 1. The average molecular weight is 321 g/mol. The van der Waals surface area contributed by atoms with E-state index in [0.717, 1.165) is 4.68 Å². The molecule has 0 radical (unpaired) electrons. The highest BCUT2D eigenvalue weighted by Gasteiger charge is 2.14. The van der Waals surface area contributed by atoms with Gasteiger partial charge >= 0.3 is 5.69 Å². The zero-order valence-electron chi connectivity index (χ0n) is 11.6. The van der Waals surface area contributed by atoms with Crippen LogP contribution in [0.4, 0.5) is 5.69 Å². The third-order valence-electron chi connectivity index (χ3n) is 2.74. The first-order chi connectivity index (χ1) is 10.4. The Kier molecular flexibility index (Phi) is 4.41. The molecular formula is C12H11N5O4S. The highest BCUT2D eigenvalue weighted by Crippen LogP contribution is 2.26. The van der Waals surface area contributed by atoms with E-state index in [1.54, 1.807) is 6.07 Å². The SMILES string of the molecule is COc1ccc(/C=N\n2c(=S)[nH]nc(C)c2=O)cc1[N+](=O)[O-]. The van der Waals surface area contributed by atoms with Gasteiger partial charge in [-0.3, -0.25) is 20.0 Å². The van der Waals surface area contributed by atoms with Gasteiger partial charge in [0.15, 0.2) is 5.75 Å². The maximum Gasteiger partial charge on any atom is 0.311 e. The monoisotopic (exact) mass is 321 g/mol. The van der Waals surface area contributed by atoms with Crippen molar-refractivity contribution in [3.05, 3.63) is 54.7 Å². The van der Waals surface area contributed by atoms with Gasteiger partial charge in [-0.2, -0.15) is 14.9 Å². The van der Waals surface area contributed by atoms with E-state index in [-0.39, 0.29) is 21.9 Å². The number of nitrogens with zero attached hydrogens (tertiary/aromatic N) is 4. The number of aryl methyl sites for hydroxylation is 1. The molecule has 0 aliphatic carbocycles. The van der Waals surface area contributed by atoms with Gasteiger partial charge in [-0.25, -0.2) is 0 Å².